The Kier molecular flexibility index (Phi) is 6.13. The number of anilines is 2. The zero-order chi connectivity index (χ0) is 24.6. The van der Waals surface area contributed by atoms with Crippen molar-refractivity contribution >= 4 is 27.4 Å². The number of sulfone groups is 1. The summed E-state index contributed by atoms with van der Waals surface area (Å²) >= 11 is 0. The summed E-state index contributed by atoms with van der Waals surface area (Å²) in [6, 6.07) is 5.12. The number of rotatable bonds is 6. The highest BCUT2D eigenvalue weighted by Gasteiger charge is 2.37. The van der Waals surface area contributed by atoms with Gasteiger partial charge in [-0.25, -0.2) is 22.8 Å². The summed E-state index contributed by atoms with van der Waals surface area (Å²) in [6.45, 7) is 2.06. The first-order valence-corrected chi connectivity index (χ1v) is 13.3. The maximum atomic E-state index is 14.4. The molecule has 12 heteroatoms. The van der Waals surface area contributed by atoms with Gasteiger partial charge >= 0.3 is 0 Å². The van der Waals surface area contributed by atoms with E-state index in [1.807, 2.05) is 11.0 Å². The van der Waals surface area contributed by atoms with Crippen molar-refractivity contribution in [3.05, 3.63) is 48.7 Å². The molecule has 3 aromatic rings. The molecule has 2 aromatic heterocycles. The number of carbonyl (C=O) groups is 1. The number of likely N-dealkylation sites (tertiary alicyclic amines) is 1. The molecule has 2 N–H and O–H groups in total. The van der Waals surface area contributed by atoms with Crippen LogP contribution in [0.5, 0.6) is 0 Å². The third-order valence-electron chi connectivity index (χ3n) is 6.58. The van der Waals surface area contributed by atoms with Gasteiger partial charge in [0.2, 0.25) is 11.9 Å². The monoisotopic (exact) mass is 499 g/mol. The number of amides is 1. The van der Waals surface area contributed by atoms with Crippen LogP contribution in [0, 0.1) is 5.82 Å². The quantitative estimate of drug-likeness (QED) is 0.528. The van der Waals surface area contributed by atoms with Crippen molar-refractivity contribution in [1.29, 1.82) is 0 Å². The third kappa shape index (κ3) is 4.83. The molecule has 35 heavy (non-hydrogen) atoms. The standard InChI is InChI=1S/C23H26FN7O3S/c1-35(33,34)17-2-3-20(18(24)12-17)28-21-7-11-31(22(21)32)16-5-9-30(10-6-16)23-25-13-15(14-26-23)19-4-8-27-29-19/h2-4,8,12-14,16,21,28H,5-7,9-11H2,1H3,(H,27,29)/t21-/m0/s1. The van der Waals surface area contributed by atoms with Gasteiger partial charge in [0, 0.05) is 56.1 Å². The molecule has 5 rings (SSSR count). The molecule has 1 atom stereocenters. The predicted molar refractivity (Wildman–Crippen MR) is 128 cm³/mol. The Balaban J connectivity index is 1.17. The van der Waals surface area contributed by atoms with Crippen LogP contribution in [-0.2, 0) is 14.6 Å². The van der Waals surface area contributed by atoms with Crippen LogP contribution in [0.2, 0.25) is 0 Å². The van der Waals surface area contributed by atoms with Crippen molar-refractivity contribution in [2.45, 2.75) is 36.2 Å². The number of nitrogens with one attached hydrogen (secondary N) is 2. The summed E-state index contributed by atoms with van der Waals surface area (Å²) in [7, 11) is -3.50. The number of piperidine rings is 1. The van der Waals surface area contributed by atoms with Gasteiger partial charge in [0.1, 0.15) is 11.9 Å². The van der Waals surface area contributed by atoms with E-state index in [-0.39, 0.29) is 22.5 Å². The van der Waals surface area contributed by atoms with Gasteiger partial charge in [0.15, 0.2) is 9.84 Å². The van der Waals surface area contributed by atoms with Crippen LogP contribution in [0.3, 0.4) is 0 Å². The average molecular weight is 500 g/mol. The number of aromatic amines is 1. The Morgan fingerprint density at radius 3 is 2.46 bits per heavy atom. The first kappa shape index (κ1) is 23.2. The summed E-state index contributed by atoms with van der Waals surface area (Å²) in [4.78, 5) is 25.9. The van der Waals surface area contributed by atoms with Crippen LogP contribution in [-0.4, -0.2) is 77.4 Å². The van der Waals surface area contributed by atoms with Crippen molar-refractivity contribution in [2.75, 3.05) is 36.1 Å². The van der Waals surface area contributed by atoms with Crippen molar-refractivity contribution in [3.63, 3.8) is 0 Å². The van der Waals surface area contributed by atoms with Gasteiger partial charge in [-0.2, -0.15) is 5.10 Å². The van der Waals surface area contributed by atoms with Gasteiger partial charge < -0.3 is 15.1 Å². The molecule has 2 aliphatic rings. The fraction of sp³-hybridized carbons (Fsp3) is 0.391. The summed E-state index contributed by atoms with van der Waals surface area (Å²) < 4.78 is 37.7. The smallest absolute Gasteiger partial charge is 0.245 e. The van der Waals surface area contributed by atoms with Crippen molar-refractivity contribution in [2.24, 2.45) is 0 Å². The summed E-state index contributed by atoms with van der Waals surface area (Å²) in [5, 5.41) is 9.79. The lowest BCUT2D eigenvalue weighted by molar-refractivity contribution is -0.130. The van der Waals surface area contributed by atoms with E-state index in [0.29, 0.717) is 18.9 Å². The lowest BCUT2D eigenvalue weighted by atomic mass is 10.0. The Labute approximate surface area is 202 Å². The van der Waals surface area contributed by atoms with Gasteiger partial charge in [-0.3, -0.25) is 9.89 Å². The zero-order valence-corrected chi connectivity index (χ0v) is 20.0. The first-order valence-electron chi connectivity index (χ1n) is 11.4. The molecule has 2 saturated heterocycles. The molecule has 0 saturated carbocycles. The van der Waals surface area contributed by atoms with E-state index < -0.39 is 21.7 Å². The number of carbonyl (C=O) groups excluding carboxylic acids is 1. The molecule has 184 valence electrons. The second-order valence-electron chi connectivity index (χ2n) is 8.89. The highest BCUT2D eigenvalue weighted by Crippen LogP contribution is 2.27. The van der Waals surface area contributed by atoms with Gasteiger partial charge in [0.25, 0.3) is 0 Å². The molecule has 0 unspecified atom stereocenters. The minimum atomic E-state index is -3.50. The molecule has 10 nitrogen and oxygen atoms in total. The van der Waals surface area contributed by atoms with E-state index in [0.717, 1.165) is 49.5 Å². The molecule has 2 fully saturated rings. The second kappa shape index (κ2) is 9.25. The van der Waals surface area contributed by atoms with E-state index in [4.69, 9.17) is 0 Å². The van der Waals surface area contributed by atoms with Crippen LogP contribution >= 0.6 is 0 Å². The highest BCUT2D eigenvalue weighted by molar-refractivity contribution is 7.90. The predicted octanol–water partition coefficient (Wildman–Crippen LogP) is 2.09. The highest BCUT2D eigenvalue weighted by atomic mass is 32.2. The third-order valence-corrected chi connectivity index (χ3v) is 7.69. The summed E-state index contributed by atoms with van der Waals surface area (Å²) in [5.41, 5.74) is 1.85. The summed E-state index contributed by atoms with van der Waals surface area (Å²) in [5.74, 6) is -0.0896. The number of hydrogen-bond acceptors (Lipinski definition) is 8. The lowest BCUT2D eigenvalue weighted by Gasteiger charge is -2.36. The van der Waals surface area contributed by atoms with E-state index in [1.165, 1.54) is 12.1 Å². The lowest BCUT2D eigenvalue weighted by Crippen LogP contribution is -2.47. The summed E-state index contributed by atoms with van der Waals surface area (Å²) in [6.07, 6.45) is 8.39. The maximum Gasteiger partial charge on any atom is 0.245 e. The van der Waals surface area contributed by atoms with Gasteiger partial charge in [0.05, 0.1) is 16.3 Å². The fourth-order valence-corrected chi connectivity index (χ4v) is 5.28. The van der Waals surface area contributed by atoms with E-state index in [1.54, 1.807) is 18.6 Å². The maximum absolute atomic E-state index is 14.4. The number of benzene rings is 1. The largest absolute Gasteiger partial charge is 0.371 e. The van der Waals surface area contributed by atoms with Crippen molar-refractivity contribution in [1.82, 2.24) is 25.1 Å². The minimum Gasteiger partial charge on any atom is -0.371 e. The second-order valence-corrected chi connectivity index (χ2v) is 10.9. The van der Waals surface area contributed by atoms with E-state index in [2.05, 4.69) is 30.4 Å². The Bertz CT molecular complexity index is 1310. The molecule has 0 spiro atoms. The Morgan fingerprint density at radius 1 is 1.09 bits per heavy atom. The number of halogens is 1. The van der Waals surface area contributed by atoms with E-state index in [9.17, 15) is 17.6 Å². The average Bonchev–Trinajstić information content (AvgIpc) is 3.51. The molecule has 0 radical (unpaired) electrons. The number of nitrogens with zero attached hydrogens (tertiary/aromatic N) is 5. The zero-order valence-electron chi connectivity index (χ0n) is 19.2. The van der Waals surface area contributed by atoms with Crippen LogP contribution in [0.25, 0.3) is 11.3 Å². The molecular formula is C23H26FN7O3S. The van der Waals surface area contributed by atoms with Crippen molar-refractivity contribution in [3.8, 4) is 11.3 Å². The Hall–Kier alpha value is -3.54. The SMILES string of the molecule is CS(=O)(=O)c1ccc(N[C@H]2CCN(C3CCN(c4ncc(-c5ccn[nH]5)cn4)CC3)C2=O)c(F)c1. The Morgan fingerprint density at radius 2 is 1.83 bits per heavy atom. The van der Waals surface area contributed by atoms with Crippen LogP contribution in [0.15, 0.2) is 47.8 Å². The molecule has 0 bridgehead atoms. The number of aromatic nitrogens is 4. The van der Waals surface area contributed by atoms with Crippen LogP contribution < -0.4 is 10.2 Å². The minimum absolute atomic E-state index is 0.0600. The molecule has 4 heterocycles. The number of hydrogen-bond donors (Lipinski definition) is 2. The van der Waals surface area contributed by atoms with Crippen LogP contribution in [0.4, 0.5) is 16.0 Å². The molecular weight excluding hydrogens is 473 g/mol. The van der Waals surface area contributed by atoms with E-state index >= 15 is 0 Å². The fourth-order valence-electron chi connectivity index (χ4n) is 4.65. The van der Waals surface area contributed by atoms with Crippen molar-refractivity contribution < 1.29 is 17.6 Å². The van der Waals surface area contributed by atoms with Gasteiger partial charge in [-0.05, 0) is 43.5 Å². The molecule has 1 aromatic carbocycles. The normalized spacial score (nSPS) is 19.4. The van der Waals surface area contributed by atoms with Gasteiger partial charge in [-0.15, -0.1) is 0 Å². The van der Waals surface area contributed by atoms with Gasteiger partial charge in [-0.1, -0.05) is 0 Å². The molecule has 2 aliphatic heterocycles. The molecule has 1 amide bonds. The molecule has 0 aliphatic carbocycles. The topological polar surface area (TPSA) is 124 Å². The van der Waals surface area contributed by atoms with Crippen LogP contribution in [0.1, 0.15) is 19.3 Å². The first-order chi connectivity index (χ1) is 16.8. The number of H-pyrrole nitrogens is 1.